The summed E-state index contributed by atoms with van der Waals surface area (Å²) in [4.78, 5) is 12.1. The van der Waals surface area contributed by atoms with E-state index >= 15 is 0 Å². The number of carbonyl (C=O) groups is 1. The van der Waals surface area contributed by atoms with Gasteiger partial charge < -0.3 is 15.1 Å². The highest BCUT2D eigenvalue weighted by molar-refractivity contribution is 5.99. The summed E-state index contributed by atoms with van der Waals surface area (Å²) in [7, 11) is 0. The summed E-state index contributed by atoms with van der Waals surface area (Å²) >= 11 is 0. The Morgan fingerprint density at radius 3 is 2.83 bits per heavy atom. The highest BCUT2D eigenvalue weighted by Crippen LogP contribution is 2.14. The summed E-state index contributed by atoms with van der Waals surface area (Å²) in [5.74, 6) is -0.0900. The molecule has 2 aromatic rings. The van der Waals surface area contributed by atoms with Crippen molar-refractivity contribution in [2.75, 3.05) is 11.9 Å². The van der Waals surface area contributed by atoms with Gasteiger partial charge in [0.1, 0.15) is 0 Å². The topological polar surface area (TPSA) is 54.3 Å². The van der Waals surface area contributed by atoms with Gasteiger partial charge in [-0.15, -0.1) is 0 Å². The molecule has 94 valence electrons. The van der Waals surface area contributed by atoms with Gasteiger partial charge in [0, 0.05) is 24.3 Å². The number of hydrogen-bond acceptors (Lipinski definition) is 3. The van der Waals surface area contributed by atoms with Gasteiger partial charge in [0.15, 0.2) is 0 Å². The summed E-state index contributed by atoms with van der Waals surface area (Å²) in [5.41, 5.74) is 2.46. The zero-order chi connectivity index (χ0) is 12.8. The lowest BCUT2D eigenvalue weighted by Crippen LogP contribution is -2.23. The summed E-state index contributed by atoms with van der Waals surface area (Å²) in [6.07, 6.45) is 3.21. The van der Waals surface area contributed by atoms with Crippen LogP contribution in [0.25, 0.3) is 0 Å². The van der Waals surface area contributed by atoms with Crippen molar-refractivity contribution in [1.29, 1.82) is 0 Å². The summed E-state index contributed by atoms with van der Waals surface area (Å²) in [5, 5.41) is 6.03. The van der Waals surface area contributed by atoms with Gasteiger partial charge in [-0.1, -0.05) is 12.1 Å². The van der Waals surface area contributed by atoms with Crippen molar-refractivity contribution >= 4 is 11.6 Å². The Labute approximate surface area is 106 Å². The average Bonchev–Trinajstić information content (AvgIpc) is 2.90. The zero-order valence-electron chi connectivity index (χ0n) is 10.3. The minimum absolute atomic E-state index is 0.0900. The number of hydrogen-bond donors (Lipinski definition) is 2. The van der Waals surface area contributed by atoms with Crippen LogP contribution >= 0.6 is 0 Å². The van der Waals surface area contributed by atoms with Gasteiger partial charge in [-0.05, 0) is 25.1 Å². The first-order chi connectivity index (χ1) is 8.81. The highest BCUT2D eigenvalue weighted by atomic mass is 16.3. The SMILES string of the molecule is CCNc1ccccc1C(=O)NCc1ccoc1. The van der Waals surface area contributed by atoms with Crippen LogP contribution in [0.1, 0.15) is 22.8 Å². The molecular formula is C14H16N2O2. The monoisotopic (exact) mass is 244 g/mol. The lowest BCUT2D eigenvalue weighted by Gasteiger charge is -2.10. The summed E-state index contributed by atoms with van der Waals surface area (Å²) in [6.45, 7) is 3.25. The normalized spacial score (nSPS) is 10.1. The minimum Gasteiger partial charge on any atom is -0.472 e. The second kappa shape index (κ2) is 5.91. The molecule has 0 atom stereocenters. The molecule has 1 heterocycles. The average molecular weight is 244 g/mol. The molecule has 0 unspecified atom stereocenters. The second-order valence-corrected chi connectivity index (χ2v) is 3.89. The molecule has 0 aliphatic heterocycles. The van der Waals surface area contributed by atoms with Gasteiger partial charge in [-0.25, -0.2) is 0 Å². The van der Waals surface area contributed by atoms with Crippen molar-refractivity contribution in [2.24, 2.45) is 0 Å². The number of para-hydroxylation sites is 1. The van der Waals surface area contributed by atoms with E-state index in [0.717, 1.165) is 17.8 Å². The van der Waals surface area contributed by atoms with Crippen molar-refractivity contribution in [1.82, 2.24) is 5.32 Å². The second-order valence-electron chi connectivity index (χ2n) is 3.89. The third-order valence-electron chi connectivity index (χ3n) is 2.57. The molecule has 1 amide bonds. The molecule has 0 saturated carbocycles. The van der Waals surface area contributed by atoms with Crippen molar-refractivity contribution in [3.8, 4) is 0 Å². The quantitative estimate of drug-likeness (QED) is 0.850. The van der Waals surface area contributed by atoms with Gasteiger partial charge in [-0.2, -0.15) is 0 Å². The van der Waals surface area contributed by atoms with E-state index in [4.69, 9.17) is 4.42 Å². The van der Waals surface area contributed by atoms with Gasteiger partial charge in [0.05, 0.1) is 18.1 Å². The molecule has 0 bridgehead atoms. The van der Waals surface area contributed by atoms with E-state index in [-0.39, 0.29) is 5.91 Å². The minimum atomic E-state index is -0.0900. The molecule has 18 heavy (non-hydrogen) atoms. The maximum atomic E-state index is 12.1. The van der Waals surface area contributed by atoms with Crippen LogP contribution in [0.4, 0.5) is 5.69 Å². The Hall–Kier alpha value is -2.23. The maximum Gasteiger partial charge on any atom is 0.253 e. The fraction of sp³-hybridized carbons (Fsp3) is 0.214. The Balaban J connectivity index is 2.04. The van der Waals surface area contributed by atoms with Crippen LogP contribution in [0.5, 0.6) is 0 Å². The molecular weight excluding hydrogens is 228 g/mol. The predicted octanol–water partition coefficient (Wildman–Crippen LogP) is 2.64. The first-order valence-electron chi connectivity index (χ1n) is 5.93. The Bertz CT molecular complexity index is 506. The van der Waals surface area contributed by atoms with Crippen molar-refractivity contribution in [3.05, 3.63) is 54.0 Å². The molecule has 0 radical (unpaired) electrons. The molecule has 0 spiro atoms. The Kier molecular flexibility index (Phi) is 4.02. The molecule has 1 aromatic heterocycles. The van der Waals surface area contributed by atoms with Crippen LogP contribution in [0.15, 0.2) is 47.3 Å². The van der Waals surface area contributed by atoms with E-state index in [1.807, 2.05) is 37.3 Å². The van der Waals surface area contributed by atoms with Gasteiger partial charge in [-0.3, -0.25) is 4.79 Å². The molecule has 0 aliphatic rings. The lowest BCUT2D eigenvalue weighted by molar-refractivity contribution is 0.0951. The van der Waals surface area contributed by atoms with E-state index in [0.29, 0.717) is 12.1 Å². The van der Waals surface area contributed by atoms with E-state index in [1.54, 1.807) is 12.5 Å². The van der Waals surface area contributed by atoms with Crippen molar-refractivity contribution in [2.45, 2.75) is 13.5 Å². The van der Waals surface area contributed by atoms with Crippen LogP contribution in [0.3, 0.4) is 0 Å². The van der Waals surface area contributed by atoms with E-state index in [9.17, 15) is 4.79 Å². The van der Waals surface area contributed by atoms with Gasteiger partial charge in [0.2, 0.25) is 0 Å². The van der Waals surface area contributed by atoms with E-state index in [1.165, 1.54) is 0 Å². The standard InChI is InChI=1S/C14H16N2O2/c1-2-15-13-6-4-3-5-12(13)14(17)16-9-11-7-8-18-10-11/h3-8,10,15H,2,9H2,1H3,(H,16,17). The van der Waals surface area contributed by atoms with Crippen molar-refractivity contribution in [3.63, 3.8) is 0 Å². The van der Waals surface area contributed by atoms with Crippen LogP contribution in [0.2, 0.25) is 0 Å². The Morgan fingerprint density at radius 2 is 2.11 bits per heavy atom. The van der Waals surface area contributed by atoms with Crippen LogP contribution < -0.4 is 10.6 Å². The molecule has 0 saturated heterocycles. The molecule has 4 heteroatoms. The van der Waals surface area contributed by atoms with Crippen molar-refractivity contribution < 1.29 is 9.21 Å². The summed E-state index contributed by atoms with van der Waals surface area (Å²) in [6, 6.07) is 9.30. The highest BCUT2D eigenvalue weighted by Gasteiger charge is 2.09. The molecule has 2 N–H and O–H groups in total. The molecule has 2 rings (SSSR count). The molecule has 0 aliphatic carbocycles. The van der Waals surface area contributed by atoms with E-state index in [2.05, 4.69) is 10.6 Å². The first-order valence-corrected chi connectivity index (χ1v) is 5.93. The fourth-order valence-electron chi connectivity index (χ4n) is 1.70. The maximum absolute atomic E-state index is 12.1. The number of anilines is 1. The lowest BCUT2D eigenvalue weighted by atomic mass is 10.1. The molecule has 4 nitrogen and oxygen atoms in total. The molecule has 0 fully saturated rings. The predicted molar refractivity (Wildman–Crippen MR) is 70.5 cm³/mol. The number of benzene rings is 1. The Morgan fingerprint density at radius 1 is 1.28 bits per heavy atom. The third kappa shape index (κ3) is 2.91. The first kappa shape index (κ1) is 12.2. The van der Waals surface area contributed by atoms with Gasteiger partial charge in [0.25, 0.3) is 5.91 Å². The number of rotatable bonds is 5. The third-order valence-corrected chi connectivity index (χ3v) is 2.57. The number of furan rings is 1. The number of nitrogens with one attached hydrogen (secondary N) is 2. The number of amides is 1. The fourth-order valence-corrected chi connectivity index (χ4v) is 1.70. The smallest absolute Gasteiger partial charge is 0.253 e. The van der Waals surface area contributed by atoms with Crippen LogP contribution in [-0.2, 0) is 6.54 Å². The summed E-state index contributed by atoms with van der Waals surface area (Å²) < 4.78 is 4.95. The number of carbonyl (C=O) groups excluding carboxylic acids is 1. The zero-order valence-corrected chi connectivity index (χ0v) is 10.3. The van der Waals surface area contributed by atoms with Gasteiger partial charge >= 0.3 is 0 Å². The molecule has 1 aromatic carbocycles. The largest absolute Gasteiger partial charge is 0.472 e. The van der Waals surface area contributed by atoms with E-state index < -0.39 is 0 Å². The van der Waals surface area contributed by atoms with Crippen LogP contribution in [0, 0.1) is 0 Å². The van der Waals surface area contributed by atoms with Crippen LogP contribution in [-0.4, -0.2) is 12.5 Å².